The minimum atomic E-state index is 0.662. The van der Waals surface area contributed by atoms with Gasteiger partial charge in [0.25, 0.3) is 0 Å². The Labute approximate surface area is 219 Å². The maximum absolute atomic E-state index is 6.24. The molecule has 3 rings (SSSR count). The Kier molecular flexibility index (Phi) is 13.6. The smallest absolute Gasteiger partial charge is 0.0953 e. The quantitative estimate of drug-likeness (QED) is 0.190. The monoisotopic (exact) mass is 488 g/mol. The van der Waals surface area contributed by atoms with Crippen LogP contribution in [0.25, 0.3) is 0 Å². The topological polar surface area (TPSA) is 18.5 Å². The van der Waals surface area contributed by atoms with Gasteiger partial charge in [0.05, 0.1) is 12.4 Å². The van der Waals surface area contributed by atoms with Crippen LogP contribution < -0.4 is 0 Å². The van der Waals surface area contributed by atoms with Crippen molar-refractivity contribution in [3.8, 4) is 0 Å². The van der Waals surface area contributed by atoms with Crippen molar-refractivity contribution in [2.24, 2.45) is 41.4 Å². The highest BCUT2D eigenvalue weighted by atomic mass is 16.5. The van der Waals surface area contributed by atoms with Crippen LogP contribution in [-0.4, -0.2) is 19.8 Å². The van der Waals surface area contributed by atoms with Gasteiger partial charge in [-0.1, -0.05) is 72.6 Å². The van der Waals surface area contributed by atoms with E-state index >= 15 is 0 Å². The van der Waals surface area contributed by atoms with Gasteiger partial charge in [0, 0.05) is 19.1 Å². The summed E-state index contributed by atoms with van der Waals surface area (Å²) in [5.41, 5.74) is 0. The second-order valence-corrected chi connectivity index (χ2v) is 12.6. The fraction of sp³-hybridized carbons (Fsp3) is 0.939. The molecule has 0 amide bonds. The molecule has 0 spiro atoms. The van der Waals surface area contributed by atoms with Crippen LogP contribution in [0.2, 0.25) is 0 Å². The van der Waals surface area contributed by atoms with E-state index in [0.717, 1.165) is 61.7 Å². The van der Waals surface area contributed by atoms with E-state index in [1.54, 1.807) is 0 Å². The number of hydrogen-bond acceptors (Lipinski definition) is 2. The third-order valence-electron chi connectivity index (χ3n) is 10.1. The first-order valence-corrected chi connectivity index (χ1v) is 16.1. The molecule has 0 aromatic rings. The Bertz CT molecular complexity index is 580. The van der Waals surface area contributed by atoms with Crippen LogP contribution in [-0.2, 0) is 9.47 Å². The van der Waals surface area contributed by atoms with Gasteiger partial charge in [-0.05, 0) is 106 Å². The highest BCUT2D eigenvalue weighted by Crippen LogP contribution is 2.50. The molecular weight excluding hydrogens is 428 g/mol. The van der Waals surface area contributed by atoms with Crippen LogP contribution in [0.1, 0.15) is 137 Å². The molecule has 4 unspecified atom stereocenters. The SMILES string of the molecule is CCCC(C)C1CCCC(C2CCC2)[C@H]1CCCOCCCCCOC1=CCC[C@@H](C)C1CCC. The van der Waals surface area contributed by atoms with Gasteiger partial charge in [-0.25, -0.2) is 0 Å². The Balaban J connectivity index is 1.27. The lowest BCUT2D eigenvalue weighted by Gasteiger charge is -2.47. The zero-order valence-corrected chi connectivity index (χ0v) is 24.1. The molecule has 0 heterocycles. The van der Waals surface area contributed by atoms with Crippen LogP contribution in [0.5, 0.6) is 0 Å². The summed E-state index contributed by atoms with van der Waals surface area (Å²) in [7, 11) is 0. The molecule has 0 N–H and O–H groups in total. The molecule has 35 heavy (non-hydrogen) atoms. The fourth-order valence-corrected chi connectivity index (χ4v) is 7.81. The summed E-state index contributed by atoms with van der Waals surface area (Å²) in [6, 6.07) is 0. The molecule has 2 saturated carbocycles. The summed E-state index contributed by atoms with van der Waals surface area (Å²) in [4.78, 5) is 0. The van der Waals surface area contributed by atoms with Crippen molar-refractivity contribution >= 4 is 0 Å². The van der Waals surface area contributed by atoms with Crippen LogP contribution in [0.15, 0.2) is 11.8 Å². The van der Waals surface area contributed by atoms with E-state index in [1.165, 1.54) is 108 Å². The van der Waals surface area contributed by atoms with Gasteiger partial charge in [0.15, 0.2) is 0 Å². The lowest BCUT2D eigenvalue weighted by Crippen LogP contribution is -2.38. The predicted octanol–water partition coefficient (Wildman–Crippen LogP) is 9.97. The average Bonchev–Trinajstić information content (AvgIpc) is 2.82. The van der Waals surface area contributed by atoms with Crippen LogP contribution in [0, 0.1) is 41.4 Å². The second kappa shape index (κ2) is 16.4. The molecule has 0 saturated heterocycles. The summed E-state index contributed by atoms with van der Waals surface area (Å²) in [5, 5.41) is 0. The summed E-state index contributed by atoms with van der Waals surface area (Å²) in [6.45, 7) is 12.4. The molecule has 0 aliphatic heterocycles. The number of unbranched alkanes of at least 4 members (excludes halogenated alkanes) is 2. The molecule has 2 fully saturated rings. The molecule has 0 aromatic carbocycles. The molecule has 3 aliphatic carbocycles. The van der Waals surface area contributed by atoms with E-state index in [2.05, 4.69) is 33.8 Å². The lowest BCUT2D eigenvalue weighted by molar-refractivity contribution is 0.0223. The van der Waals surface area contributed by atoms with E-state index < -0.39 is 0 Å². The van der Waals surface area contributed by atoms with Gasteiger partial charge in [0.2, 0.25) is 0 Å². The highest BCUT2D eigenvalue weighted by Gasteiger charge is 2.40. The molecule has 2 nitrogen and oxygen atoms in total. The van der Waals surface area contributed by atoms with E-state index in [-0.39, 0.29) is 0 Å². The van der Waals surface area contributed by atoms with Gasteiger partial charge >= 0.3 is 0 Å². The number of ether oxygens (including phenoxy) is 2. The van der Waals surface area contributed by atoms with Crippen LogP contribution in [0.3, 0.4) is 0 Å². The van der Waals surface area contributed by atoms with Crippen molar-refractivity contribution in [3.63, 3.8) is 0 Å². The molecule has 0 aromatic heterocycles. The minimum absolute atomic E-state index is 0.662. The standard InChI is InChI=1S/C33H60O2/c1-5-14-26(3)29-19-12-20-31(28-17-11-18-28)32(29)21-13-24-34-23-8-7-9-25-35-33-22-10-16-27(4)30(33)15-6-2/h22,26-32H,5-21,23-25H2,1-4H3/t26?,27-,29?,30?,31?,32+/m1/s1. The van der Waals surface area contributed by atoms with Gasteiger partial charge in [0.1, 0.15) is 0 Å². The maximum atomic E-state index is 6.24. The first-order chi connectivity index (χ1) is 17.2. The van der Waals surface area contributed by atoms with E-state index in [0.29, 0.717) is 5.92 Å². The van der Waals surface area contributed by atoms with Crippen molar-refractivity contribution in [2.75, 3.05) is 19.8 Å². The van der Waals surface area contributed by atoms with Gasteiger partial charge < -0.3 is 9.47 Å². The van der Waals surface area contributed by atoms with Crippen LogP contribution >= 0.6 is 0 Å². The number of hydrogen-bond donors (Lipinski definition) is 0. The molecular formula is C33H60O2. The summed E-state index contributed by atoms with van der Waals surface area (Å²) in [5.74, 6) is 7.71. The van der Waals surface area contributed by atoms with Gasteiger partial charge in [-0.2, -0.15) is 0 Å². The summed E-state index contributed by atoms with van der Waals surface area (Å²) in [6.07, 6.45) is 25.5. The number of allylic oxidation sites excluding steroid dienone is 2. The molecule has 0 radical (unpaired) electrons. The van der Waals surface area contributed by atoms with E-state index in [1.807, 2.05) is 0 Å². The van der Waals surface area contributed by atoms with E-state index in [9.17, 15) is 0 Å². The molecule has 3 aliphatic rings. The Hall–Kier alpha value is -0.500. The second-order valence-electron chi connectivity index (χ2n) is 12.6. The molecule has 0 bridgehead atoms. The first-order valence-electron chi connectivity index (χ1n) is 16.1. The maximum Gasteiger partial charge on any atom is 0.0953 e. The molecule has 204 valence electrons. The zero-order valence-electron chi connectivity index (χ0n) is 24.1. The first kappa shape index (κ1) is 29.1. The predicted molar refractivity (Wildman–Crippen MR) is 150 cm³/mol. The van der Waals surface area contributed by atoms with Crippen molar-refractivity contribution in [3.05, 3.63) is 11.8 Å². The third-order valence-corrected chi connectivity index (χ3v) is 10.1. The highest BCUT2D eigenvalue weighted by molar-refractivity contribution is 5.04. The average molecular weight is 489 g/mol. The molecule has 2 heteroatoms. The minimum Gasteiger partial charge on any atom is -0.498 e. The van der Waals surface area contributed by atoms with E-state index in [4.69, 9.17) is 9.47 Å². The van der Waals surface area contributed by atoms with Gasteiger partial charge in [-0.3, -0.25) is 0 Å². The van der Waals surface area contributed by atoms with Crippen molar-refractivity contribution in [2.45, 2.75) is 137 Å². The lowest BCUT2D eigenvalue weighted by atomic mass is 9.58. The number of rotatable bonds is 17. The van der Waals surface area contributed by atoms with Crippen molar-refractivity contribution in [1.29, 1.82) is 0 Å². The summed E-state index contributed by atoms with van der Waals surface area (Å²) < 4.78 is 12.4. The normalized spacial score (nSPS) is 30.5. The van der Waals surface area contributed by atoms with Crippen LogP contribution in [0.4, 0.5) is 0 Å². The third kappa shape index (κ3) is 9.08. The zero-order chi connectivity index (χ0) is 24.9. The summed E-state index contributed by atoms with van der Waals surface area (Å²) >= 11 is 0. The fourth-order valence-electron chi connectivity index (χ4n) is 7.81. The Morgan fingerprint density at radius 1 is 0.857 bits per heavy atom. The largest absolute Gasteiger partial charge is 0.498 e. The Morgan fingerprint density at radius 3 is 2.37 bits per heavy atom. The van der Waals surface area contributed by atoms with Crippen molar-refractivity contribution < 1.29 is 9.47 Å². The molecule has 6 atom stereocenters. The van der Waals surface area contributed by atoms with Gasteiger partial charge in [-0.15, -0.1) is 0 Å². The Morgan fingerprint density at radius 2 is 1.63 bits per heavy atom. The van der Waals surface area contributed by atoms with Crippen molar-refractivity contribution in [1.82, 2.24) is 0 Å².